The standard InChI is InChI=1S/C20H13Cl3N2O4/c21-13-8-15(23)14(22)7-12(13)16-6-5-11(28-16)9-24-25-20(26)19-10-27-17-3-1-2-4-18(17)29-19/h1-9,19H,10H2,(H,25,26)/b24-9+/t19-/m0/s1. The molecule has 0 unspecified atom stereocenters. The van der Waals surface area contributed by atoms with E-state index in [2.05, 4.69) is 10.5 Å². The molecule has 2 heterocycles. The maximum absolute atomic E-state index is 12.2. The molecule has 0 aliphatic carbocycles. The lowest BCUT2D eigenvalue weighted by molar-refractivity contribution is -0.130. The summed E-state index contributed by atoms with van der Waals surface area (Å²) in [5, 5.41) is 5.02. The van der Waals surface area contributed by atoms with Gasteiger partial charge >= 0.3 is 0 Å². The number of benzene rings is 2. The van der Waals surface area contributed by atoms with E-state index >= 15 is 0 Å². The first-order valence-electron chi connectivity index (χ1n) is 8.47. The van der Waals surface area contributed by atoms with Gasteiger partial charge in [0.05, 0.1) is 21.3 Å². The predicted molar refractivity (Wildman–Crippen MR) is 111 cm³/mol. The summed E-state index contributed by atoms with van der Waals surface area (Å²) in [5.41, 5.74) is 3.00. The minimum atomic E-state index is -0.802. The molecule has 148 valence electrons. The number of hydrazone groups is 1. The summed E-state index contributed by atoms with van der Waals surface area (Å²) in [4.78, 5) is 12.2. The van der Waals surface area contributed by atoms with Gasteiger partial charge in [0.15, 0.2) is 11.5 Å². The van der Waals surface area contributed by atoms with Crippen LogP contribution in [-0.4, -0.2) is 24.8 Å². The van der Waals surface area contributed by atoms with Gasteiger partial charge < -0.3 is 13.9 Å². The number of para-hydroxylation sites is 2. The summed E-state index contributed by atoms with van der Waals surface area (Å²) >= 11 is 18.2. The van der Waals surface area contributed by atoms with Crippen molar-refractivity contribution >= 4 is 46.9 Å². The van der Waals surface area contributed by atoms with E-state index in [4.69, 9.17) is 48.7 Å². The summed E-state index contributed by atoms with van der Waals surface area (Å²) in [7, 11) is 0. The Morgan fingerprint density at radius 1 is 1.03 bits per heavy atom. The molecule has 1 amide bonds. The summed E-state index contributed by atoms with van der Waals surface area (Å²) in [6.07, 6.45) is 0.564. The number of fused-ring (bicyclic) bond motifs is 1. The Hall–Kier alpha value is -2.67. The lowest BCUT2D eigenvalue weighted by atomic mass is 10.2. The second-order valence-corrected chi connectivity index (χ2v) is 7.27. The maximum Gasteiger partial charge on any atom is 0.284 e. The van der Waals surface area contributed by atoms with E-state index in [0.29, 0.717) is 43.7 Å². The third-order valence-corrected chi connectivity index (χ3v) is 5.10. The van der Waals surface area contributed by atoms with E-state index < -0.39 is 12.0 Å². The van der Waals surface area contributed by atoms with Crippen molar-refractivity contribution in [2.24, 2.45) is 5.10 Å². The van der Waals surface area contributed by atoms with Crippen molar-refractivity contribution in [3.05, 3.63) is 69.4 Å². The van der Waals surface area contributed by atoms with Crippen molar-refractivity contribution in [2.45, 2.75) is 6.10 Å². The minimum Gasteiger partial charge on any atom is -0.485 e. The molecule has 29 heavy (non-hydrogen) atoms. The highest BCUT2D eigenvalue weighted by molar-refractivity contribution is 6.44. The van der Waals surface area contributed by atoms with Crippen molar-refractivity contribution in [2.75, 3.05) is 6.61 Å². The van der Waals surface area contributed by atoms with E-state index in [0.717, 1.165) is 0 Å². The Balaban J connectivity index is 1.40. The molecule has 0 radical (unpaired) electrons. The van der Waals surface area contributed by atoms with Crippen LogP contribution >= 0.6 is 34.8 Å². The van der Waals surface area contributed by atoms with Crippen LogP contribution in [-0.2, 0) is 4.79 Å². The van der Waals surface area contributed by atoms with Gasteiger partial charge in [-0.1, -0.05) is 46.9 Å². The predicted octanol–water partition coefficient (Wildman–Crippen LogP) is 5.20. The molecule has 1 aliphatic heterocycles. The molecule has 1 N–H and O–H groups in total. The molecule has 0 saturated heterocycles. The van der Waals surface area contributed by atoms with Crippen LogP contribution in [0.4, 0.5) is 0 Å². The fourth-order valence-corrected chi connectivity index (χ4v) is 3.30. The van der Waals surface area contributed by atoms with Crippen molar-refractivity contribution in [1.29, 1.82) is 0 Å². The SMILES string of the molecule is O=C(N/N=C/c1ccc(-c2cc(Cl)c(Cl)cc2Cl)o1)[C@@H]1COc2ccccc2O1. The van der Waals surface area contributed by atoms with Gasteiger partial charge in [-0.05, 0) is 36.4 Å². The highest BCUT2D eigenvalue weighted by atomic mass is 35.5. The number of rotatable bonds is 4. The quantitative estimate of drug-likeness (QED) is 0.336. The van der Waals surface area contributed by atoms with Crippen LogP contribution in [0.15, 0.2) is 58.0 Å². The van der Waals surface area contributed by atoms with Gasteiger partial charge in [0.2, 0.25) is 6.10 Å². The monoisotopic (exact) mass is 450 g/mol. The second kappa shape index (κ2) is 8.37. The third-order valence-electron chi connectivity index (χ3n) is 4.07. The minimum absolute atomic E-state index is 0.0963. The van der Waals surface area contributed by atoms with Crippen LogP contribution in [0.2, 0.25) is 15.1 Å². The van der Waals surface area contributed by atoms with E-state index in [1.807, 2.05) is 6.07 Å². The molecular weight excluding hydrogens is 439 g/mol. The van der Waals surface area contributed by atoms with E-state index in [1.54, 1.807) is 42.5 Å². The number of carbonyl (C=O) groups excluding carboxylic acids is 1. The molecule has 0 spiro atoms. The third kappa shape index (κ3) is 4.34. The van der Waals surface area contributed by atoms with Crippen molar-refractivity contribution < 1.29 is 18.7 Å². The molecule has 1 atom stereocenters. The molecule has 9 heteroatoms. The zero-order valence-corrected chi connectivity index (χ0v) is 17.0. The molecule has 1 aromatic heterocycles. The zero-order valence-electron chi connectivity index (χ0n) is 14.7. The molecule has 3 aromatic rings. The molecule has 0 saturated carbocycles. The largest absolute Gasteiger partial charge is 0.485 e. The Morgan fingerprint density at radius 2 is 1.79 bits per heavy atom. The van der Waals surface area contributed by atoms with Crippen LogP contribution < -0.4 is 14.9 Å². The number of nitrogens with zero attached hydrogens (tertiary/aromatic N) is 1. The van der Waals surface area contributed by atoms with Gasteiger partial charge in [0.1, 0.15) is 18.1 Å². The highest BCUT2D eigenvalue weighted by Gasteiger charge is 2.27. The number of carbonyl (C=O) groups is 1. The van der Waals surface area contributed by atoms with Gasteiger partial charge in [-0.25, -0.2) is 5.43 Å². The molecule has 6 nitrogen and oxygen atoms in total. The van der Waals surface area contributed by atoms with Gasteiger partial charge in [0, 0.05) is 5.56 Å². The molecule has 0 bridgehead atoms. The number of hydrogen-bond donors (Lipinski definition) is 1. The van der Waals surface area contributed by atoms with Crippen molar-refractivity contribution in [3.8, 4) is 22.8 Å². The summed E-state index contributed by atoms with van der Waals surface area (Å²) in [5.74, 6) is 1.58. The van der Waals surface area contributed by atoms with Crippen LogP contribution in [0.25, 0.3) is 11.3 Å². The fourth-order valence-electron chi connectivity index (χ4n) is 2.66. The summed E-state index contributed by atoms with van der Waals surface area (Å²) in [6.45, 7) is 0.0963. The van der Waals surface area contributed by atoms with Gasteiger partial charge in [-0.2, -0.15) is 5.10 Å². The molecular formula is C20H13Cl3N2O4. The fraction of sp³-hybridized carbons (Fsp3) is 0.100. The first-order valence-corrected chi connectivity index (χ1v) is 9.61. The van der Waals surface area contributed by atoms with E-state index in [-0.39, 0.29) is 6.61 Å². The van der Waals surface area contributed by atoms with Crippen molar-refractivity contribution in [3.63, 3.8) is 0 Å². The normalized spacial score (nSPS) is 15.5. The van der Waals surface area contributed by atoms with Gasteiger partial charge in [-0.15, -0.1) is 0 Å². The number of hydrogen-bond acceptors (Lipinski definition) is 5. The number of ether oxygens (including phenoxy) is 2. The number of halogens is 3. The Kier molecular flexibility index (Phi) is 5.67. The van der Waals surface area contributed by atoms with Gasteiger partial charge in [0.25, 0.3) is 5.91 Å². The van der Waals surface area contributed by atoms with E-state index in [1.165, 1.54) is 6.21 Å². The number of furan rings is 1. The first-order chi connectivity index (χ1) is 14.0. The smallest absolute Gasteiger partial charge is 0.284 e. The zero-order chi connectivity index (χ0) is 20.4. The lowest BCUT2D eigenvalue weighted by Gasteiger charge is -2.24. The number of amides is 1. The molecule has 0 fully saturated rings. The second-order valence-electron chi connectivity index (χ2n) is 6.05. The molecule has 1 aliphatic rings. The average Bonchev–Trinajstić information content (AvgIpc) is 3.19. The molecule has 4 rings (SSSR count). The Bertz CT molecular complexity index is 1100. The molecule has 2 aromatic carbocycles. The van der Waals surface area contributed by atoms with Crippen molar-refractivity contribution in [1.82, 2.24) is 5.43 Å². The Labute approximate surface area is 181 Å². The lowest BCUT2D eigenvalue weighted by Crippen LogP contribution is -2.42. The first kappa shape index (κ1) is 19.6. The summed E-state index contributed by atoms with van der Waals surface area (Å²) in [6, 6.07) is 13.7. The summed E-state index contributed by atoms with van der Waals surface area (Å²) < 4.78 is 16.8. The number of nitrogens with one attached hydrogen (secondary N) is 1. The topological polar surface area (TPSA) is 73.1 Å². The van der Waals surface area contributed by atoms with Crippen LogP contribution in [0, 0.1) is 0 Å². The van der Waals surface area contributed by atoms with Gasteiger partial charge in [-0.3, -0.25) is 4.79 Å². The van der Waals surface area contributed by atoms with Crippen LogP contribution in [0.3, 0.4) is 0 Å². The van der Waals surface area contributed by atoms with Crippen LogP contribution in [0.1, 0.15) is 5.76 Å². The van der Waals surface area contributed by atoms with Crippen LogP contribution in [0.5, 0.6) is 11.5 Å². The average molecular weight is 452 g/mol. The Morgan fingerprint density at radius 3 is 2.62 bits per heavy atom. The highest BCUT2D eigenvalue weighted by Crippen LogP contribution is 2.36. The van der Waals surface area contributed by atoms with E-state index in [9.17, 15) is 4.79 Å². The maximum atomic E-state index is 12.2.